The second-order valence-corrected chi connectivity index (χ2v) is 4.80. The molecule has 0 fully saturated rings. The van der Waals surface area contributed by atoms with Gasteiger partial charge >= 0.3 is 0 Å². The number of anilines is 1. The topological polar surface area (TPSA) is 81.3 Å². The molecule has 94 valence electrons. The van der Waals surface area contributed by atoms with Crippen LogP contribution < -0.4 is 10.5 Å². The Labute approximate surface area is 118 Å². The van der Waals surface area contributed by atoms with Crippen LogP contribution in [0.4, 0.5) is 5.82 Å². The number of nitrogen functional groups attached to an aromatic ring is 1. The maximum Gasteiger partial charge on any atom is 0.161 e. The van der Waals surface area contributed by atoms with Crippen molar-refractivity contribution in [2.75, 3.05) is 12.8 Å². The fraction of sp³-hybridized carbons (Fsp3) is 0.167. The van der Waals surface area contributed by atoms with Gasteiger partial charge in [-0.2, -0.15) is 0 Å². The van der Waals surface area contributed by atoms with E-state index in [1.807, 2.05) is 6.92 Å². The Kier molecular flexibility index (Phi) is 3.55. The Morgan fingerprint density at radius 2 is 2.06 bits per heavy atom. The first-order valence-electron chi connectivity index (χ1n) is 5.20. The Morgan fingerprint density at radius 3 is 2.61 bits per heavy atom. The molecule has 1 aromatic heterocycles. The number of methoxy groups -OCH3 is 1. The Hall–Kier alpha value is -1.57. The van der Waals surface area contributed by atoms with E-state index in [0.29, 0.717) is 23.0 Å². The minimum atomic E-state index is 0.0494. The smallest absolute Gasteiger partial charge is 0.161 e. The normalized spacial score (nSPS) is 10.4. The van der Waals surface area contributed by atoms with Crippen molar-refractivity contribution < 1.29 is 9.84 Å². The van der Waals surface area contributed by atoms with E-state index in [2.05, 4.69) is 32.6 Å². The monoisotopic (exact) mass is 357 g/mol. The first-order valence-corrected chi connectivity index (χ1v) is 6.27. The molecule has 0 saturated carbocycles. The third-order valence-electron chi connectivity index (χ3n) is 2.48. The lowest BCUT2D eigenvalue weighted by Crippen LogP contribution is -2.02. The average Bonchev–Trinajstić information content (AvgIpc) is 2.35. The molecule has 0 atom stereocenters. The number of rotatable bonds is 2. The van der Waals surface area contributed by atoms with E-state index in [1.165, 1.54) is 7.11 Å². The van der Waals surface area contributed by atoms with Crippen LogP contribution in [0.15, 0.2) is 18.2 Å². The number of aromatic hydroxyl groups is 1. The summed E-state index contributed by atoms with van der Waals surface area (Å²) in [7, 11) is 1.50. The van der Waals surface area contributed by atoms with Crippen LogP contribution in [0.5, 0.6) is 11.5 Å². The van der Waals surface area contributed by atoms with Crippen LogP contribution in [-0.4, -0.2) is 22.2 Å². The summed E-state index contributed by atoms with van der Waals surface area (Å²) in [4.78, 5) is 8.56. The summed E-state index contributed by atoms with van der Waals surface area (Å²) in [5, 5.41) is 9.73. The van der Waals surface area contributed by atoms with E-state index in [0.717, 1.165) is 9.26 Å². The zero-order chi connectivity index (χ0) is 13.3. The Morgan fingerprint density at radius 1 is 1.33 bits per heavy atom. The second kappa shape index (κ2) is 4.97. The van der Waals surface area contributed by atoms with Gasteiger partial charge in [0.25, 0.3) is 0 Å². The number of nitrogens with zero attached hydrogens (tertiary/aromatic N) is 2. The first-order chi connectivity index (χ1) is 8.52. The molecule has 0 amide bonds. The molecular weight excluding hydrogens is 345 g/mol. The van der Waals surface area contributed by atoms with Gasteiger partial charge in [-0.25, -0.2) is 9.97 Å². The van der Waals surface area contributed by atoms with E-state index in [9.17, 15) is 5.11 Å². The largest absolute Gasteiger partial charge is 0.504 e. The summed E-state index contributed by atoms with van der Waals surface area (Å²) in [5.74, 6) is 1.39. The zero-order valence-electron chi connectivity index (χ0n) is 9.94. The van der Waals surface area contributed by atoms with Gasteiger partial charge in [-0.15, -0.1) is 0 Å². The third-order valence-corrected chi connectivity index (χ3v) is 3.81. The molecule has 0 aliphatic carbocycles. The Balaban J connectivity index is 2.52. The predicted molar refractivity (Wildman–Crippen MR) is 77.6 cm³/mol. The molecule has 0 radical (unpaired) electrons. The Bertz CT molecular complexity index is 579. The van der Waals surface area contributed by atoms with Crippen molar-refractivity contribution in [1.29, 1.82) is 0 Å². The standard InChI is InChI=1S/C12H12IN3O2/c1-6-10(13)11(14)16-12(15-6)7-3-4-9(18-2)8(17)5-7/h3-5,17H,1-2H3,(H2,14,15,16). The van der Waals surface area contributed by atoms with Crippen molar-refractivity contribution in [2.45, 2.75) is 6.92 Å². The number of halogens is 1. The number of ether oxygens (including phenoxy) is 1. The molecule has 1 heterocycles. The molecule has 6 heteroatoms. The van der Waals surface area contributed by atoms with Crippen molar-refractivity contribution >= 4 is 28.4 Å². The number of aromatic nitrogens is 2. The summed E-state index contributed by atoms with van der Waals surface area (Å²) >= 11 is 2.10. The van der Waals surface area contributed by atoms with Gasteiger partial charge in [-0.3, -0.25) is 0 Å². The van der Waals surface area contributed by atoms with Gasteiger partial charge in [-0.05, 0) is 47.7 Å². The molecule has 1 aromatic carbocycles. The van der Waals surface area contributed by atoms with E-state index < -0.39 is 0 Å². The van der Waals surface area contributed by atoms with E-state index in [4.69, 9.17) is 10.5 Å². The van der Waals surface area contributed by atoms with Crippen LogP contribution in [0.3, 0.4) is 0 Å². The van der Waals surface area contributed by atoms with Crippen molar-refractivity contribution in [3.63, 3.8) is 0 Å². The highest BCUT2D eigenvalue weighted by molar-refractivity contribution is 14.1. The molecule has 3 N–H and O–H groups in total. The van der Waals surface area contributed by atoms with Gasteiger partial charge in [-0.1, -0.05) is 0 Å². The maximum absolute atomic E-state index is 9.73. The number of nitrogens with two attached hydrogens (primary N) is 1. The third kappa shape index (κ3) is 2.33. The number of phenols is 1. The fourth-order valence-electron chi connectivity index (χ4n) is 1.54. The molecule has 2 rings (SSSR count). The second-order valence-electron chi connectivity index (χ2n) is 3.72. The van der Waals surface area contributed by atoms with E-state index >= 15 is 0 Å². The van der Waals surface area contributed by atoms with Gasteiger partial charge in [0, 0.05) is 5.56 Å². The van der Waals surface area contributed by atoms with Gasteiger partial charge in [0.1, 0.15) is 5.82 Å². The number of aryl methyl sites for hydroxylation is 1. The van der Waals surface area contributed by atoms with Crippen molar-refractivity contribution in [1.82, 2.24) is 9.97 Å². The van der Waals surface area contributed by atoms with Crippen molar-refractivity contribution in [3.05, 3.63) is 27.5 Å². The van der Waals surface area contributed by atoms with Crippen molar-refractivity contribution in [3.8, 4) is 22.9 Å². The molecule has 0 unspecified atom stereocenters. The zero-order valence-corrected chi connectivity index (χ0v) is 12.1. The van der Waals surface area contributed by atoms with Crippen molar-refractivity contribution in [2.24, 2.45) is 0 Å². The van der Waals surface area contributed by atoms with Crippen LogP contribution in [0.25, 0.3) is 11.4 Å². The van der Waals surface area contributed by atoms with Crippen LogP contribution in [-0.2, 0) is 0 Å². The number of hydrogen-bond donors (Lipinski definition) is 2. The summed E-state index contributed by atoms with van der Waals surface area (Å²) in [6.45, 7) is 1.87. The molecular formula is C12H12IN3O2. The minimum Gasteiger partial charge on any atom is -0.504 e. The molecule has 0 spiro atoms. The number of benzene rings is 1. The van der Waals surface area contributed by atoms with Crippen LogP contribution in [0.1, 0.15) is 5.69 Å². The maximum atomic E-state index is 9.73. The molecule has 0 aliphatic heterocycles. The lowest BCUT2D eigenvalue weighted by Gasteiger charge is -2.08. The molecule has 0 saturated heterocycles. The highest BCUT2D eigenvalue weighted by Gasteiger charge is 2.10. The van der Waals surface area contributed by atoms with Crippen LogP contribution >= 0.6 is 22.6 Å². The molecule has 5 nitrogen and oxygen atoms in total. The van der Waals surface area contributed by atoms with Crippen LogP contribution in [0.2, 0.25) is 0 Å². The van der Waals surface area contributed by atoms with Gasteiger partial charge in [0.05, 0.1) is 16.4 Å². The summed E-state index contributed by atoms with van der Waals surface area (Å²) < 4.78 is 5.83. The van der Waals surface area contributed by atoms with E-state index in [1.54, 1.807) is 18.2 Å². The number of hydrogen-bond acceptors (Lipinski definition) is 5. The fourth-order valence-corrected chi connectivity index (χ4v) is 1.78. The average molecular weight is 357 g/mol. The molecule has 18 heavy (non-hydrogen) atoms. The summed E-state index contributed by atoms with van der Waals surface area (Å²) in [5.41, 5.74) is 7.31. The van der Waals surface area contributed by atoms with Gasteiger partial charge in [0.15, 0.2) is 17.3 Å². The quantitative estimate of drug-likeness (QED) is 0.807. The predicted octanol–water partition coefficient (Wildman–Crippen LogP) is 2.35. The van der Waals surface area contributed by atoms with Gasteiger partial charge < -0.3 is 15.6 Å². The lowest BCUT2D eigenvalue weighted by molar-refractivity contribution is 0.373. The lowest BCUT2D eigenvalue weighted by atomic mass is 10.2. The summed E-state index contributed by atoms with van der Waals surface area (Å²) in [6.07, 6.45) is 0. The highest BCUT2D eigenvalue weighted by Crippen LogP contribution is 2.30. The molecule has 2 aromatic rings. The summed E-state index contributed by atoms with van der Waals surface area (Å²) in [6, 6.07) is 5.00. The van der Waals surface area contributed by atoms with Crippen LogP contribution in [0, 0.1) is 10.5 Å². The highest BCUT2D eigenvalue weighted by atomic mass is 127. The number of phenolic OH excluding ortho intramolecular Hbond substituents is 1. The van der Waals surface area contributed by atoms with Gasteiger partial charge in [0.2, 0.25) is 0 Å². The first kappa shape index (κ1) is 12.9. The molecule has 0 aliphatic rings. The van der Waals surface area contributed by atoms with E-state index in [-0.39, 0.29) is 5.75 Å². The molecule has 0 bridgehead atoms. The minimum absolute atomic E-state index is 0.0494. The SMILES string of the molecule is COc1ccc(-c2nc(C)c(I)c(N)n2)cc1O.